The van der Waals surface area contributed by atoms with E-state index in [1.54, 1.807) is 31.4 Å². The Morgan fingerprint density at radius 1 is 1.12 bits per heavy atom. The standard InChI is InChI=1S/C17H16N4O5/c1-26-15-8-4-12(5-9-15)10-18-16(22)17(23)20-19-11-13-2-6-14(7-3-13)21(24)25/h2-9,11H,10H2,1H3,(H,18,22)(H,20,23)/b19-11-. The minimum Gasteiger partial charge on any atom is -0.497 e. The lowest BCUT2D eigenvalue weighted by Crippen LogP contribution is -2.37. The molecular weight excluding hydrogens is 340 g/mol. The second-order valence-corrected chi connectivity index (χ2v) is 5.08. The Labute approximate surface area is 148 Å². The summed E-state index contributed by atoms with van der Waals surface area (Å²) in [5.74, 6) is -1.06. The van der Waals surface area contributed by atoms with Gasteiger partial charge in [-0.15, -0.1) is 0 Å². The second-order valence-electron chi connectivity index (χ2n) is 5.08. The van der Waals surface area contributed by atoms with E-state index in [1.807, 2.05) is 0 Å². The van der Waals surface area contributed by atoms with Crippen LogP contribution in [0.2, 0.25) is 0 Å². The van der Waals surface area contributed by atoms with Gasteiger partial charge in [0.25, 0.3) is 5.69 Å². The molecule has 0 saturated heterocycles. The summed E-state index contributed by atoms with van der Waals surface area (Å²) in [5, 5.41) is 16.7. The molecular formula is C17H16N4O5. The van der Waals surface area contributed by atoms with Crippen molar-refractivity contribution in [2.75, 3.05) is 7.11 Å². The molecule has 0 saturated carbocycles. The molecule has 0 aliphatic rings. The highest BCUT2D eigenvalue weighted by molar-refractivity contribution is 6.35. The van der Waals surface area contributed by atoms with Crippen molar-refractivity contribution in [1.82, 2.24) is 10.7 Å². The van der Waals surface area contributed by atoms with Crippen LogP contribution in [0.1, 0.15) is 11.1 Å². The Morgan fingerprint density at radius 3 is 2.35 bits per heavy atom. The van der Waals surface area contributed by atoms with Crippen molar-refractivity contribution in [3.05, 3.63) is 69.8 Å². The van der Waals surface area contributed by atoms with Gasteiger partial charge in [0.15, 0.2) is 0 Å². The van der Waals surface area contributed by atoms with E-state index < -0.39 is 16.7 Å². The number of rotatable bonds is 6. The first-order chi connectivity index (χ1) is 12.5. The summed E-state index contributed by atoms with van der Waals surface area (Å²) in [4.78, 5) is 33.4. The Balaban J connectivity index is 1.80. The number of nitro benzene ring substituents is 1. The van der Waals surface area contributed by atoms with Crippen molar-refractivity contribution in [3.63, 3.8) is 0 Å². The topological polar surface area (TPSA) is 123 Å². The average Bonchev–Trinajstić information content (AvgIpc) is 2.66. The zero-order chi connectivity index (χ0) is 18.9. The molecule has 0 aliphatic carbocycles. The number of ether oxygens (including phenoxy) is 1. The number of carbonyl (C=O) groups excluding carboxylic acids is 2. The van der Waals surface area contributed by atoms with Gasteiger partial charge >= 0.3 is 11.8 Å². The quantitative estimate of drug-likeness (QED) is 0.350. The van der Waals surface area contributed by atoms with E-state index in [0.717, 1.165) is 5.56 Å². The van der Waals surface area contributed by atoms with Gasteiger partial charge in [-0.1, -0.05) is 12.1 Å². The average molecular weight is 356 g/mol. The number of hydrogen-bond donors (Lipinski definition) is 2. The highest BCUT2D eigenvalue weighted by Gasteiger charge is 2.12. The van der Waals surface area contributed by atoms with Gasteiger partial charge in [-0.05, 0) is 35.4 Å². The fourth-order valence-electron chi connectivity index (χ4n) is 1.90. The van der Waals surface area contributed by atoms with Crippen molar-refractivity contribution in [1.29, 1.82) is 0 Å². The predicted octanol–water partition coefficient (Wildman–Crippen LogP) is 1.37. The molecule has 0 atom stereocenters. The van der Waals surface area contributed by atoms with Crippen LogP contribution >= 0.6 is 0 Å². The molecule has 0 aromatic heterocycles. The third-order valence-electron chi connectivity index (χ3n) is 3.30. The second kappa shape index (κ2) is 8.92. The van der Waals surface area contributed by atoms with Gasteiger partial charge in [-0.25, -0.2) is 5.43 Å². The van der Waals surface area contributed by atoms with E-state index >= 15 is 0 Å². The first-order valence-corrected chi connectivity index (χ1v) is 7.48. The van der Waals surface area contributed by atoms with Crippen molar-refractivity contribution in [3.8, 4) is 5.75 Å². The summed E-state index contributed by atoms with van der Waals surface area (Å²) in [6, 6.07) is 12.6. The van der Waals surface area contributed by atoms with Gasteiger partial charge in [0.05, 0.1) is 18.2 Å². The fraction of sp³-hybridized carbons (Fsp3) is 0.118. The minimum absolute atomic E-state index is 0.0518. The lowest BCUT2D eigenvalue weighted by Gasteiger charge is -2.05. The number of carbonyl (C=O) groups is 2. The highest BCUT2D eigenvalue weighted by Crippen LogP contribution is 2.11. The Bertz CT molecular complexity index is 816. The van der Waals surface area contributed by atoms with Crippen LogP contribution in [-0.4, -0.2) is 30.1 Å². The number of hydrogen-bond acceptors (Lipinski definition) is 6. The molecule has 2 rings (SSSR count). The zero-order valence-electron chi connectivity index (χ0n) is 13.8. The van der Waals surface area contributed by atoms with Crippen molar-refractivity contribution in [2.24, 2.45) is 5.10 Å². The molecule has 26 heavy (non-hydrogen) atoms. The molecule has 134 valence electrons. The molecule has 2 N–H and O–H groups in total. The summed E-state index contributed by atoms with van der Waals surface area (Å²) in [6.45, 7) is 0.183. The monoisotopic (exact) mass is 356 g/mol. The number of benzene rings is 2. The molecule has 2 aromatic rings. The van der Waals surface area contributed by atoms with Gasteiger partial charge in [0.1, 0.15) is 5.75 Å². The van der Waals surface area contributed by atoms with Gasteiger partial charge in [0.2, 0.25) is 0 Å². The van der Waals surface area contributed by atoms with Crippen LogP contribution in [0.15, 0.2) is 53.6 Å². The zero-order valence-corrected chi connectivity index (χ0v) is 13.8. The summed E-state index contributed by atoms with van der Waals surface area (Å²) < 4.78 is 5.03. The largest absolute Gasteiger partial charge is 0.497 e. The molecule has 2 aromatic carbocycles. The normalized spacial score (nSPS) is 10.3. The smallest absolute Gasteiger partial charge is 0.329 e. The SMILES string of the molecule is COc1ccc(CNC(=O)C(=O)N/N=C\c2ccc([N+](=O)[O-])cc2)cc1. The molecule has 0 radical (unpaired) electrons. The number of non-ortho nitro benzene ring substituents is 1. The number of amides is 2. The van der Waals surface area contributed by atoms with Crippen LogP contribution in [0.4, 0.5) is 5.69 Å². The number of methoxy groups -OCH3 is 1. The molecule has 0 aliphatic heterocycles. The third-order valence-corrected chi connectivity index (χ3v) is 3.30. The number of hydrazone groups is 1. The van der Waals surface area contributed by atoms with E-state index in [0.29, 0.717) is 11.3 Å². The van der Waals surface area contributed by atoms with E-state index in [4.69, 9.17) is 4.74 Å². The molecule has 0 fully saturated rings. The van der Waals surface area contributed by atoms with Crippen molar-refractivity contribution < 1.29 is 19.2 Å². The van der Waals surface area contributed by atoms with Gasteiger partial charge in [0, 0.05) is 18.7 Å². The third kappa shape index (κ3) is 5.41. The first kappa shape index (κ1) is 18.6. The Morgan fingerprint density at radius 2 is 1.77 bits per heavy atom. The molecule has 0 spiro atoms. The summed E-state index contributed by atoms with van der Waals surface area (Å²) in [5.41, 5.74) is 3.38. The highest BCUT2D eigenvalue weighted by atomic mass is 16.6. The molecule has 2 amide bonds. The van der Waals surface area contributed by atoms with Crippen LogP contribution in [0.25, 0.3) is 0 Å². The number of nitrogens with one attached hydrogen (secondary N) is 2. The molecule has 0 heterocycles. The van der Waals surface area contributed by atoms with E-state index in [2.05, 4.69) is 15.8 Å². The van der Waals surface area contributed by atoms with E-state index in [1.165, 1.54) is 30.5 Å². The maximum atomic E-state index is 11.7. The number of nitro groups is 1. The van der Waals surface area contributed by atoms with Crippen LogP contribution in [0.3, 0.4) is 0 Å². The van der Waals surface area contributed by atoms with Crippen LogP contribution < -0.4 is 15.5 Å². The predicted molar refractivity (Wildman–Crippen MR) is 93.7 cm³/mol. The lowest BCUT2D eigenvalue weighted by atomic mass is 10.2. The molecule has 9 heteroatoms. The van der Waals surface area contributed by atoms with Crippen molar-refractivity contribution in [2.45, 2.75) is 6.54 Å². The number of nitrogens with zero attached hydrogens (tertiary/aromatic N) is 2. The Hall–Kier alpha value is -3.75. The van der Waals surface area contributed by atoms with E-state index in [-0.39, 0.29) is 12.2 Å². The van der Waals surface area contributed by atoms with Gasteiger partial charge in [-0.3, -0.25) is 19.7 Å². The lowest BCUT2D eigenvalue weighted by molar-refractivity contribution is -0.384. The summed E-state index contributed by atoms with van der Waals surface area (Å²) >= 11 is 0. The van der Waals surface area contributed by atoms with Crippen LogP contribution in [-0.2, 0) is 16.1 Å². The van der Waals surface area contributed by atoms with Gasteiger partial charge in [-0.2, -0.15) is 5.10 Å². The van der Waals surface area contributed by atoms with Crippen LogP contribution in [0, 0.1) is 10.1 Å². The van der Waals surface area contributed by atoms with E-state index in [9.17, 15) is 19.7 Å². The maximum absolute atomic E-state index is 11.7. The minimum atomic E-state index is -0.920. The first-order valence-electron chi connectivity index (χ1n) is 7.48. The Kier molecular flexibility index (Phi) is 6.38. The summed E-state index contributed by atoms with van der Waals surface area (Å²) in [7, 11) is 1.55. The molecule has 9 nitrogen and oxygen atoms in total. The molecule has 0 unspecified atom stereocenters. The summed E-state index contributed by atoms with van der Waals surface area (Å²) in [6.07, 6.45) is 1.28. The maximum Gasteiger partial charge on any atom is 0.329 e. The van der Waals surface area contributed by atoms with Crippen molar-refractivity contribution >= 4 is 23.7 Å². The fourth-order valence-corrected chi connectivity index (χ4v) is 1.90. The molecule has 0 bridgehead atoms. The van der Waals surface area contributed by atoms with Crippen LogP contribution in [0.5, 0.6) is 5.75 Å². The van der Waals surface area contributed by atoms with Gasteiger partial charge < -0.3 is 10.1 Å².